The van der Waals surface area contributed by atoms with Gasteiger partial charge < -0.3 is 24.4 Å². The van der Waals surface area contributed by atoms with Gasteiger partial charge in [0.25, 0.3) is 15.9 Å². The highest BCUT2D eigenvalue weighted by Gasteiger charge is 2.39. The topological polar surface area (TPSA) is 123 Å². The molecule has 42 heavy (non-hydrogen) atoms. The van der Waals surface area contributed by atoms with E-state index < -0.39 is 26.8 Å². The summed E-state index contributed by atoms with van der Waals surface area (Å²) in [7, 11) is -0.974. The van der Waals surface area contributed by atoms with E-state index in [0.29, 0.717) is 25.1 Å². The third-order valence-electron chi connectivity index (χ3n) is 7.43. The summed E-state index contributed by atoms with van der Waals surface area (Å²) >= 11 is 0. The zero-order valence-corrected chi connectivity index (χ0v) is 24.0. The first kappa shape index (κ1) is 29.3. The minimum Gasteiger partial charge on any atom is -0.497 e. The fraction of sp³-hybridized carbons (Fsp3) is 0.333. The number of rotatable bonds is 8. The molecule has 3 atom stereocenters. The molecule has 12 heteroatoms. The number of ether oxygens (including phenoxy) is 3. The average molecular weight is 598 g/mol. The van der Waals surface area contributed by atoms with Crippen LogP contribution in [0.15, 0.2) is 71.6 Å². The highest BCUT2D eigenvalue weighted by atomic mass is 32.2. The molecule has 1 fully saturated rings. The summed E-state index contributed by atoms with van der Waals surface area (Å²) in [5.41, 5.74) is 1.19. The van der Waals surface area contributed by atoms with Crippen molar-refractivity contribution in [2.24, 2.45) is 0 Å². The Kier molecular flexibility index (Phi) is 8.64. The summed E-state index contributed by atoms with van der Waals surface area (Å²) in [4.78, 5) is 27.2. The zero-order valence-electron chi connectivity index (χ0n) is 23.2. The van der Waals surface area contributed by atoms with E-state index in [9.17, 15) is 22.4 Å². The van der Waals surface area contributed by atoms with Crippen molar-refractivity contribution in [1.29, 1.82) is 0 Å². The van der Waals surface area contributed by atoms with Gasteiger partial charge in [-0.25, -0.2) is 12.8 Å². The number of hydrogen-bond donors (Lipinski definition) is 2. The Morgan fingerprint density at radius 3 is 2.69 bits per heavy atom. The molecule has 1 saturated heterocycles. The first-order valence-electron chi connectivity index (χ1n) is 13.5. The SMILES string of the molecule is COc1cccc(CNC(=O)C[C@H]2CC[C@@H]3[C@@H](COc4ccc(NS(=O)(=O)c5ccccc5F)cc4C(=O)N3C)O2)c1. The number of likely N-dealkylation sites (N-methyl/N-ethyl adjacent to an activating group) is 1. The Balaban J connectivity index is 1.23. The van der Waals surface area contributed by atoms with Crippen molar-refractivity contribution < 1.29 is 36.6 Å². The Hall–Kier alpha value is -4.16. The van der Waals surface area contributed by atoms with Gasteiger partial charge in [-0.1, -0.05) is 24.3 Å². The van der Waals surface area contributed by atoms with E-state index >= 15 is 0 Å². The van der Waals surface area contributed by atoms with Crippen molar-refractivity contribution in [3.63, 3.8) is 0 Å². The number of anilines is 1. The van der Waals surface area contributed by atoms with Crippen LogP contribution < -0.4 is 19.5 Å². The molecule has 0 aliphatic carbocycles. The van der Waals surface area contributed by atoms with E-state index in [1.807, 2.05) is 24.3 Å². The van der Waals surface area contributed by atoms with Crippen molar-refractivity contribution in [2.75, 3.05) is 25.5 Å². The quantitative estimate of drug-likeness (QED) is 0.406. The zero-order chi connectivity index (χ0) is 29.9. The molecule has 3 aromatic carbocycles. The van der Waals surface area contributed by atoms with Crippen molar-refractivity contribution in [3.8, 4) is 11.5 Å². The molecule has 222 valence electrons. The summed E-state index contributed by atoms with van der Waals surface area (Å²) < 4.78 is 59.4. The first-order valence-corrected chi connectivity index (χ1v) is 15.0. The molecule has 2 amide bonds. The van der Waals surface area contributed by atoms with Crippen molar-refractivity contribution in [1.82, 2.24) is 10.2 Å². The molecule has 0 spiro atoms. The standard InChI is InChI=1S/C30H32FN3O7S/c1-34-25-12-11-22(16-29(35)32-17-19-6-5-7-21(14-19)39-2)41-27(25)18-40-26-13-10-20(15-23(26)30(34)36)33-42(37,38)28-9-4-3-8-24(28)31/h3-10,13-15,22,25,27,33H,11-12,16-18H2,1-2H3,(H,32,35)/t22-,25-,27-/m1/s1. The molecule has 10 nitrogen and oxygen atoms in total. The third-order valence-corrected chi connectivity index (χ3v) is 8.84. The highest BCUT2D eigenvalue weighted by molar-refractivity contribution is 7.92. The predicted octanol–water partition coefficient (Wildman–Crippen LogP) is 3.72. The van der Waals surface area contributed by atoms with Crippen molar-refractivity contribution >= 4 is 27.5 Å². The van der Waals surface area contributed by atoms with Crippen LogP contribution in [0.25, 0.3) is 0 Å². The van der Waals surface area contributed by atoms with Crippen LogP contribution in [-0.2, 0) is 26.1 Å². The highest BCUT2D eigenvalue weighted by Crippen LogP contribution is 2.33. The van der Waals surface area contributed by atoms with Crippen LogP contribution in [0, 0.1) is 5.82 Å². The molecule has 0 unspecified atom stereocenters. The second kappa shape index (κ2) is 12.4. The summed E-state index contributed by atoms with van der Waals surface area (Å²) in [6, 6.07) is 16.5. The molecule has 0 bridgehead atoms. The summed E-state index contributed by atoms with van der Waals surface area (Å²) in [5, 5.41) is 2.92. The molecule has 5 rings (SSSR count). The van der Waals surface area contributed by atoms with Gasteiger partial charge in [0.15, 0.2) is 0 Å². The number of hydrogen-bond acceptors (Lipinski definition) is 7. The Labute approximate surface area is 243 Å². The number of sulfonamides is 1. The Morgan fingerprint density at radius 2 is 1.90 bits per heavy atom. The predicted molar refractivity (Wildman–Crippen MR) is 152 cm³/mol. The van der Waals surface area contributed by atoms with Crippen molar-refractivity contribution in [2.45, 2.75) is 49.0 Å². The van der Waals surface area contributed by atoms with Gasteiger partial charge in [-0.3, -0.25) is 14.3 Å². The van der Waals surface area contributed by atoms with E-state index in [1.54, 1.807) is 19.1 Å². The lowest BCUT2D eigenvalue weighted by Crippen LogP contribution is -2.53. The number of benzene rings is 3. The molecule has 3 aromatic rings. The van der Waals surface area contributed by atoms with Crippen LogP contribution in [-0.4, -0.2) is 64.1 Å². The number of nitrogens with zero attached hydrogens (tertiary/aromatic N) is 1. The minimum atomic E-state index is -4.23. The van der Waals surface area contributed by atoms with Gasteiger partial charge in [0, 0.05) is 19.3 Å². The molecule has 0 radical (unpaired) electrons. The van der Waals surface area contributed by atoms with Crippen LogP contribution in [0.3, 0.4) is 0 Å². The first-order chi connectivity index (χ1) is 20.1. The minimum absolute atomic E-state index is 0.0967. The van der Waals surface area contributed by atoms with Crippen LogP contribution >= 0.6 is 0 Å². The number of halogens is 1. The summed E-state index contributed by atoms with van der Waals surface area (Å²) in [5.74, 6) is -0.418. The van der Waals surface area contributed by atoms with Crippen LogP contribution in [0.1, 0.15) is 35.2 Å². The number of carbonyl (C=O) groups excluding carboxylic acids is 2. The summed E-state index contributed by atoms with van der Waals surface area (Å²) in [6.07, 6.45) is 0.543. The number of carbonyl (C=O) groups is 2. The van der Waals surface area contributed by atoms with E-state index in [4.69, 9.17) is 14.2 Å². The van der Waals surface area contributed by atoms with Gasteiger partial charge in [-0.15, -0.1) is 0 Å². The molecule has 2 aliphatic rings. The van der Waals surface area contributed by atoms with Gasteiger partial charge in [-0.05, 0) is 60.9 Å². The fourth-order valence-corrected chi connectivity index (χ4v) is 6.36. The number of amides is 2. The van der Waals surface area contributed by atoms with Gasteiger partial charge in [0.1, 0.15) is 34.9 Å². The number of nitrogens with one attached hydrogen (secondary N) is 2. The molecule has 0 aromatic heterocycles. The number of fused-ring (bicyclic) bond motifs is 2. The Bertz CT molecular complexity index is 1580. The van der Waals surface area contributed by atoms with E-state index in [2.05, 4.69) is 10.0 Å². The Morgan fingerprint density at radius 1 is 1.10 bits per heavy atom. The van der Waals surface area contributed by atoms with Crippen LogP contribution in [0.4, 0.5) is 10.1 Å². The monoisotopic (exact) mass is 597 g/mol. The van der Waals surface area contributed by atoms with E-state index in [-0.39, 0.29) is 54.0 Å². The second-order valence-corrected chi connectivity index (χ2v) is 11.9. The van der Waals surface area contributed by atoms with Gasteiger partial charge in [-0.2, -0.15) is 0 Å². The molecule has 2 N–H and O–H groups in total. The van der Waals surface area contributed by atoms with Crippen LogP contribution in [0.2, 0.25) is 0 Å². The fourth-order valence-electron chi connectivity index (χ4n) is 5.23. The number of methoxy groups -OCH3 is 1. The normalized spacial score (nSPS) is 20.3. The maximum atomic E-state index is 14.1. The van der Waals surface area contributed by atoms with E-state index in [1.165, 1.54) is 30.3 Å². The summed E-state index contributed by atoms with van der Waals surface area (Å²) in [6.45, 7) is 0.502. The van der Waals surface area contributed by atoms with Crippen LogP contribution in [0.5, 0.6) is 11.5 Å². The smallest absolute Gasteiger partial charge is 0.264 e. The molecular weight excluding hydrogens is 565 g/mol. The van der Waals surface area contributed by atoms with Gasteiger partial charge in [0.2, 0.25) is 5.91 Å². The lowest BCUT2D eigenvalue weighted by atomic mass is 9.94. The molecule has 2 aliphatic heterocycles. The average Bonchev–Trinajstić information content (AvgIpc) is 2.98. The lowest BCUT2D eigenvalue weighted by molar-refractivity contribution is -0.134. The molecule has 2 heterocycles. The van der Waals surface area contributed by atoms with Gasteiger partial charge in [0.05, 0.1) is 31.2 Å². The third kappa shape index (κ3) is 6.50. The van der Waals surface area contributed by atoms with Crippen molar-refractivity contribution in [3.05, 3.63) is 83.7 Å². The maximum absolute atomic E-state index is 14.1. The maximum Gasteiger partial charge on any atom is 0.264 e. The lowest BCUT2D eigenvalue weighted by Gasteiger charge is -2.42. The van der Waals surface area contributed by atoms with Gasteiger partial charge >= 0.3 is 0 Å². The molecular formula is C30H32FN3O7S. The largest absolute Gasteiger partial charge is 0.497 e. The van der Waals surface area contributed by atoms with E-state index in [0.717, 1.165) is 17.7 Å². The second-order valence-electron chi connectivity index (χ2n) is 10.2. The molecule has 0 saturated carbocycles.